The lowest BCUT2D eigenvalue weighted by atomic mass is 10.1. The normalized spacial score (nSPS) is 15.0. The van der Waals surface area contributed by atoms with E-state index in [1.807, 2.05) is 30.3 Å². The van der Waals surface area contributed by atoms with E-state index >= 15 is 0 Å². The second kappa shape index (κ2) is 4.58. The molecule has 1 N–H and O–H groups in total. The smallest absolute Gasteiger partial charge is 0.129 e. The first kappa shape index (κ1) is 11.5. The van der Waals surface area contributed by atoms with Crippen molar-refractivity contribution in [2.45, 2.75) is 32.4 Å². The second-order valence-corrected chi connectivity index (χ2v) is 4.83. The fourth-order valence-corrected chi connectivity index (χ4v) is 2.50. The van der Waals surface area contributed by atoms with E-state index in [1.54, 1.807) is 0 Å². The van der Waals surface area contributed by atoms with Crippen LogP contribution in [0.15, 0.2) is 30.3 Å². The predicted molar refractivity (Wildman–Crippen MR) is 73.7 cm³/mol. The fourth-order valence-electron chi connectivity index (χ4n) is 2.50. The third kappa shape index (κ3) is 1.95. The van der Waals surface area contributed by atoms with Crippen LogP contribution in [0, 0.1) is 0 Å². The van der Waals surface area contributed by atoms with Gasteiger partial charge in [0.25, 0.3) is 0 Å². The van der Waals surface area contributed by atoms with E-state index in [1.165, 1.54) is 12.8 Å². The number of aliphatic hydroxyl groups is 1. The van der Waals surface area contributed by atoms with Crippen molar-refractivity contribution in [2.75, 3.05) is 11.4 Å². The zero-order chi connectivity index (χ0) is 12.5. The number of aliphatic hydroxyl groups excluding tert-OH is 1. The molecule has 1 saturated carbocycles. The van der Waals surface area contributed by atoms with E-state index in [0.717, 1.165) is 28.8 Å². The van der Waals surface area contributed by atoms with Crippen molar-refractivity contribution in [1.82, 2.24) is 4.98 Å². The maximum Gasteiger partial charge on any atom is 0.129 e. The number of rotatable bonds is 4. The molecule has 3 heteroatoms. The summed E-state index contributed by atoms with van der Waals surface area (Å²) < 4.78 is 0. The molecule has 94 valence electrons. The Labute approximate surface area is 107 Å². The zero-order valence-electron chi connectivity index (χ0n) is 10.6. The van der Waals surface area contributed by atoms with Crippen LogP contribution in [0.3, 0.4) is 0 Å². The number of aromatic nitrogens is 1. The second-order valence-electron chi connectivity index (χ2n) is 4.83. The lowest BCUT2D eigenvalue weighted by Gasteiger charge is -2.22. The number of hydrogen-bond acceptors (Lipinski definition) is 3. The van der Waals surface area contributed by atoms with Crippen LogP contribution in [0.2, 0.25) is 0 Å². The molecule has 1 fully saturated rings. The highest BCUT2D eigenvalue weighted by Gasteiger charge is 2.29. The molecule has 0 radical (unpaired) electrons. The summed E-state index contributed by atoms with van der Waals surface area (Å²) >= 11 is 0. The van der Waals surface area contributed by atoms with E-state index in [-0.39, 0.29) is 6.61 Å². The molecule has 1 aliphatic carbocycles. The Morgan fingerprint density at radius 2 is 2.11 bits per heavy atom. The minimum absolute atomic E-state index is 0.0677. The largest absolute Gasteiger partial charge is 0.392 e. The Balaban J connectivity index is 2.12. The molecule has 3 rings (SSSR count). The summed E-state index contributed by atoms with van der Waals surface area (Å²) in [5, 5.41) is 10.6. The van der Waals surface area contributed by atoms with Gasteiger partial charge in [-0.2, -0.15) is 0 Å². The fraction of sp³-hybridized carbons (Fsp3) is 0.400. The van der Waals surface area contributed by atoms with Gasteiger partial charge in [0.05, 0.1) is 12.1 Å². The summed E-state index contributed by atoms with van der Waals surface area (Å²) in [7, 11) is 0. The average Bonchev–Trinajstić information content (AvgIpc) is 3.23. The number of anilines is 1. The van der Waals surface area contributed by atoms with Gasteiger partial charge in [0, 0.05) is 18.0 Å². The van der Waals surface area contributed by atoms with Gasteiger partial charge in [-0.25, -0.2) is 4.98 Å². The molecule has 0 bridgehead atoms. The molecular weight excluding hydrogens is 224 g/mol. The van der Waals surface area contributed by atoms with Gasteiger partial charge in [-0.05, 0) is 37.5 Å². The number of para-hydroxylation sites is 1. The molecule has 0 saturated heterocycles. The molecule has 0 amide bonds. The lowest BCUT2D eigenvalue weighted by Crippen LogP contribution is -2.26. The molecule has 1 heterocycles. The molecule has 1 aliphatic rings. The Bertz CT molecular complexity index is 563. The summed E-state index contributed by atoms with van der Waals surface area (Å²) in [6, 6.07) is 10.7. The lowest BCUT2D eigenvalue weighted by molar-refractivity contribution is 0.283. The van der Waals surface area contributed by atoms with Gasteiger partial charge in [0.2, 0.25) is 0 Å². The van der Waals surface area contributed by atoms with Crippen LogP contribution < -0.4 is 4.90 Å². The van der Waals surface area contributed by atoms with Crippen LogP contribution in [0.25, 0.3) is 10.9 Å². The average molecular weight is 242 g/mol. The number of benzene rings is 1. The third-order valence-corrected chi connectivity index (χ3v) is 3.58. The summed E-state index contributed by atoms with van der Waals surface area (Å²) in [5.41, 5.74) is 1.94. The number of hydrogen-bond donors (Lipinski definition) is 1. The van der Waals surface area contributed by atoms with Crippen LogP contribution >= 0.6 is 0 Å². The Kier molecular flexibility index (Phi) is 2.92. The van der Waals surface area contributed by atoms with Gasteiger partial charge in [-0.15, -0.1) is 0 Å². The van der Waals surface area contributed by atoms with Gasteiger partial charge >= 0.3 is 0 Å². The molecule has 1 aromatic heterocycles. The highest BCUT2D eigenvalue weighted by atomic mass is 16.3. The van der Waals surface area contributed by atoms with E-state index in [4.69, 9.17) is 4.98 Å². The Morgan fingerprint density at radius 1 is 1.33 bits per heavy atom. The number of pyridine rings is 1. The molecule has 0 atom stereocenters. The maximum atomic E-state index is 9.52. The molecule has 2 aromatic rings. The molecule has 18 heavy (non-hydrogen) atoms. The van der Waals surface area contributed by atoms with Crippen molar-refractivity contribution in [2.24, 2.45) is 0 Å². The molecule has 0 spiro atoms. The molecule has 3 nitrogen and oxygen atoms in total. The molecule has 0 aliphatic heterocycles. The van der Waals surface area contributed by atoms with Crippen molar-refractivity contribution < 1.29 is 5.11 Å². The third-order valence-electron chi connectivity index (χ3n) is 3.58. The predicted octanol–water partition coefficient (Wildman–Crippen LogP) is 2.72. The first-order valence-corrected chi connectivity index (χ1v) is 6.59. The molecular formula is C15H18N2O. The van der Waals surface area contributed by atoms with Crippen molar-refractivity contribution >= 4 is 16.7 Å². The zero-order valence-corrected chi connectivity index (χ0v) is 10.6. The first-order chi connectivity index (χ1) is 8.83. The molecule has 0 unspecified atom stereocenters. The summed E-state index contributed by atoms with van der Waals surface area (Å²) in [5.74, 6) is 1.00. The van der Waals surface area contributed by atoms with Crippen molar-refractivity contribution in [1.29, 1.82) is 0 Å². The van der Waals surface area contributed by atoms with E-state index in [9.17, 15) is 5.11 Å². The van der Waals surface area contributed by atoms with Crippen LogP contribution in [-0.2, 0) is 6.61 Å². The monoisotopic (exact) mass is 242 g/mol. The molecule has 1 aromatic carbocycles. The standard InChI is InChI=1S/C15H18N2O/c1-2-17(12-7-8-12)15-9-11(10-18)13-5-3-4-6-14(13)16-15/h3-6,9,12,18H,2,7-8,10H2,1H3. The summed E-state index contributed by atoms with van der Waals surface area (Å²) in [6.45, 7) is 3.20. The van der Waals surface area contributed by atoms with Crippen molar-refractivity contribution in [3.63, 3.8) is 0 Å². The van der Waals surface area contributed by atoms with Gasteiger partial charge in [-0.3, -0.25) is 0 Å². The minimum atomic E-state index is 0.0677. The van der Waals surface area contributed by atoms with Gasteiger partial charge < -0.3 is 10.0 Å². The quantitative estimate of drug-likeness (QED) is 0.895. The van der Waals surface area contributed by atoms with E-state index < -0.39 is 0 Å². The van der Waals surface area contributed by atoms with Crippen LogP contribution in [0.5, 0.6) is 0 Å². The summed E-state index contributed by atoms with van der Waals surface area (Å²) in [4.78, 5) is 7.07. The first-order valence-electron chi connectivity index (χ1n) is 6.59. The summed E-state index contributed by atoms with van der Waals surface area (Å²) in [6.07, 6.45) is 2.52. The van der Waals surface area contributed by atoms with Crippen LogP contribution in [-0.4, -0.2) is 22.7 Å². The number of fused-ring (bicyclic) bond motifs is 1. The highest BCUT2D eigenvalue weighted by molar-refractivity contribution is 5.84. The SMILES string of the molecule is CCN(c1cc(CO)c2ccccc2n1)C1CC1. The highest BCUT2D eigenvalue weighted by Crippen LogP contribution is 2.32. The number of nitrogens with zero attached hydrogens (tertiary/aromatic N) is 2. The van der Waals surface area contributed by atoms with Gasteiger partial charge in [0.1, 0.15) is 5.82 Å². The van der Waals surface area contributed by atoms with E-state index in [0.29, 0.717) is 6.04 Å². The Morgan fingerprint density at radius 3 is 2.78 bits per heavy atom. The van der Waals surface area contributed by atoms with Crippen molar-refractivity contribution in [3.05, 3.63) is 35.9 Å². The topological polar surface area (TPSA) is 36.4 Å². The van der Waals surface area contributed by atoms with Crippen LogP contribution in [0.1, 0.15) is 25.3 Å². The van der Waals surface area contributed by atoms with Gasteiger partial charge in [-0.1, -0.05) is 18.2 Å². The maximum absolute atomic E-state index is 9.52. The van der Waals surface area contributed by atoms with Crippen molar-refractivity contribution in [3.8, 4) is 0 Å². The minimum Gasteiger partial charge on any atom is -0.392 e. The van der Waals surface area contributed by atoms with E-state index in [2.05, 4.69) is 11.8 Å². The Hall–Kier alpha value is -1.61. The van der Waals surface area contributed by atoms with Gasteiger partial charge in [0.15, 0.2) is 0 Å². The van der Waals surface area contributed by atoms with Crippen LogP contribution in [0.4, 0.5) is 5.82 Å².